The van der Waals surface area contributed by atoms with Crippen LogP contribution in [0.15, 0.2) is 12.3 Å². The molecule has 0 atom stereocenters. The summed E-state index contributed by atoms with van der Waals surface area (Å²) in [6.07, 6.45) is 4.05. The van der Waals surface area contributed by atoms with Crippen molar-refractivity contribution in [2.75, 3.05) is 20.1 Å². The number of halogens is 3. The van der Waals surface area contributed by atoms with Crippen LogP contribution in [0.3, 0.4) is 0 Å². The van der Waals surface area contributed by atoms with Gasteiger partial charge in [-0.2, -0.15) is 9.82 Å². The van der Waals surface area contributed by atoms with E-state index in [4.69, 9.17) is 0 Å². The zero-order chi connectivity index (χ0) is 10.9. The first-order valence-electron chi connectivity index (χ1n) is 5.37. The van der Waals surface area contributed by atoms with Gasteiger partial charge in [-0.15, -0.1) is 24.8 Å². The third kappa shape index (κ3) is 3.07. The Morgan fingerprint density at radius 2 is 1.88 bits per heavy atom. The van der Waals surface area contributed by atoms with Gasteiger partial charge in [-0.3, -0.25) is 0 Å². The van der Waals surface area contributed by atoms with Gasteiger partial charge >= 0.3 is 0 Å². The van der Waals surface area contributed by atoms with E-state index in [0.29, 0.717) is 5.56 Å². The molecule has 0 aromatic carbocycles. The lowest BCUT2D eigenvalue weighted by Gasteiger charge is -2.31. The van der Waals surface area contributed by atoms with Gasteiger partial charge in [0.05, 0.1) is 6.20 Å². The predicted molar refractivity (Wildman–Crippen MR) is 73.2 cm³/mol. The molecule has 98 valence electrons. The van der Waals surface area contributed by atoms with Gasteiger partial charge in [0.1, 0.15) is 13.1 Å². The number of hydrogen-bond acceptors (Lipinski definition) is 2. The molecule has 3 nitrogen and oxygen atoms in total. The highest BCUT2D eigenvalue weighted by molar-refractivity contribution is 5.85. The third-order valence-corrected chi connectivity index (χ3v) is 3.25. The van der Waals surface area contributed by atoms with E-state index in [2.05, 4.69) is 10.4 Å². The van der Waals surface area contributed by atoms with Crippen LogP contribution >= 0.6 is 24.8 Å². The topological polar surface area (TPSA) is 24.9 Å². The van der Waals surface area contributed by atoms with E-state index in [9.17, 15) is 4.39 Å². The average Bonchev–Trinajstić information content (AvgIpc) is 2.72. The second-order valence-corrected chi connectivity index (χ2v) is 4.15. The molecule has 0 spiro atoms. The zero-order valence-corrected chi connectivity index (χ0v) is 11.7. The highest BCUT2D eigenvalue weighted by Gasteiger charge is 2.34. The fourth-order valence-electron chi connectivity index (χ4n) is 2.26. The Labute approximate surface area is 114 Å². The van der Waals surface area contributed by atoms with Gasteiger partial charge in [0, 0.05) is 31.5 Å². The molecule has 1 fully saturated rings. The Morgan fingerprint density at radius 1 is 1.29 bits per heavy atom. The Bertz CT molecular complexity index is 368. The predicted octanol–water partition coefficient (Wildman–Crippen LogP) is 2.61. The van der Waals surface area contributed by atoms with Crippen LogP contribution in [0.25, 0.3) is 0 Å². The largest absolute Gasteiger partial charge is 0.222 e. The van der Waals surface area contributed by atoms with E-state index < -0.39 is 0 Å². The molecule has 1 saturated heterocycles. The normalized spacial score (nSPS) is 17.1. The number of nitrogens with one attached hydrogen (secondary N) is 1. The van der Waals surface area contributed by atoms with Gasteiger partial charge in [0.15, 0.2) is 5.69 Å². The number of aromatic nitrogens is 1. The maximum absolute atomic E-state index is 13.1. The fourth-order valence-corrected chi connectivity index (χ4v) is 2.26. The second kappa shape index (κ2) is 6.50. The van der Waals surface area contributed by atoms with E-state index in [-0.39, 0.29) is 30.8 Å². The summed E-state index contributed by atoms with van der Waals surface area (Å²) in [6, 6.07) is 1.89. The molecule has 0 unspecified atom stereocenters. The standard InChI is InChI=1S/C11H17FN3.2ClH/c1-9-7-10(8-14-11(9)12)15(13-2)5-3-4-6-15;;/h7-8,13H,3-6H2,1-2H3;2*1H/q+1;;. The second-order valence-electron chi connectivity index (χ2n) is 4.15. The maximum atomic E-state index is 13.1. The molecule has 6 heteroatoms. The molecule has 1 N–H and O–H groups in total. The summed E-state index contributed by atoms with van der Waals surface area (Å²) in [4.78, 5) is 3.79. The lowest BCUT2D eigenvalue weighted by Crippen LogP contribution is -2.55. The molecule has 2 rings (SSSR count). The lowest BCUT2D eigenvalue weighted by atomic mass is 10.2. The van der Waals surface area contributed by atoms with Gasteiger partial charge in [-0.05, 0) is 6.92 Å². The van der Waals surface area contributed by atoms with Gasteiger partial charge in [0.2, 0.25) is 5.95 Å². The van der Waals surface area contributed by atoms with Crippen molar-refractivity contribution in [1.29, 1.82) is 0 Å². The van der Waals surface area contributed by atoms with Crippen molar-refractivity contribution in [3.8, 4) is 0 Å². The van der Waals surface area contributed by atoms with Crippen LogP contribution in [0.4, 0.5) is 10.1 Å². The highest BCUT2D eigenvalue weighted by Crippen LogP contribution is 2.27. The van der Waals surface area contributed by atoms with Crippen molar-refractivity contribution in [2.24, 2.45) is 0 Å². The molecule has 1 aliphatic heterocycles. The quantitative estimate of drug-likeness (QED) is 0.666. The molecule has 1 aromatic rings. The van der Waals surface area contributed by atoms with Crippen LogP contribution in [-0.4, -0.2) is 25.1 Å². The molecule has 2 heterocycles. The number of pyridine rings is 1. The summed E-state index contributed by atoms with van der Waals surface area (Å²) in [5, 5.41) is 0. The highest BCUT2D eigenvalue weighted by atomic mass is 35.5. The molecule has 0 amide bonds. The van der Waals surface area contributed by atoms with E-state index in [0.717, 1.165) is 23.4 Å². The van der Waals surface area contributed by atoms with Gasteiger partial charge in [-0.1, -0.05) is 0 Å². The van der Waals surface area contributed by atoms with Gasteiger partial charge in [-0.25, -0.2) is 9.58 Å². The van der Waals surface area contributed by atoms with E-state index in [1.54, 1.807) is 13.1 Å². The molecule has 0 radical (unpaired) electrons. The zero-order valence-electron chi connectivity index (χ0n) is 10.1. The number of hydrogen-bond donors (Lipinski definition) is 1. The lowest BCUT2D eigenvalue weighted by molar-refractivity contribution is 0.259. The minimum atomic E-state index is -0.368. The van der Waals surface area contributed by atoms with Crippen molar-refractivity contribution in [3.63, 3.8) is 0 Å². The summed E-state index contributed by atoms with van der Waals surface area (Å²) in [5.41, 5.74) is 5.00. The van der Waals surface area contributed by atoms with Crippen LogP contribution < -0.4 is 10.0 Å². The van der Waals surface area contributed by atoms with Crippen LogP contribution in [0.2, 0.25) is 0 Å². The van der Waals surface area contributed by atoms with E-state index in [1.165, 1.54) is 12.8 Å². The van der Waals surface area contributed by atoms with Crippen LogP contribution in [0.1, 0.15) is 18.4 Å². The Morgan fingerprint density at radius 3 is 2.35 bits per heavy atom. The summed E-state index contributed by atoms with van der Waals surface area (Å²) in [6.45, 7) is 3.88. The Balaban J connectivity index is 0.00000128. The number of rotatable bonds is 2. The van der Waals surface area contributed by atoms with Crippen molar-refractivity contribution < 1.29 is 4.39 Å². The first-order chi connectivity index (χ1) is 7.18. The molecule has 0 aliphatic carbocycles. The summed E-state index contributed by atoms with van der Waals surface area (Å²) in [5.74, 6) is -0.368. The minimum absolute atomic E-state index is 0. The first-order valence-corrected chi connectivity index (χ1v) is 5.37. The number of nitrogens with zero attached hydrogens (tertiary/aromatic N) is 2. The fraction of sp³-hybridized carbons (Fsp3) is 0.545. The monoisotopic (exact) mass is 282 g/mol. The molecule has 1 aromatic heterocycles. The molecular weight excluding hydrogens is 264 g/mol. The van der Waals surface area contributed by atoms with Crippen molar-refractivity contribution >= 4 is 30.5 Å². The molecular formula is C11H19Cl2FN3+. The van der Waals surface area contributed by atoms with Crippen molar-refractivity contribution in [3.05, 3.63) is 23.8 Å². The van der Waals surface area contributed by atoms with Crippen molar-refractivity contribution in [1.82, 2.24) is 15.0 Å². The summed E-state index contributed by atoms with van der Waals surface area (Å²) < 4.78 is 13.8. The number of quaternary nitrogens is 1. The summed E-state index contributed by atoms with van der Waals surface area (Å²) >= 11 is 0. The average molecular weight is 283 g/mol. The van der Waals surface area contributed by atoms with Gasteiger partial charge < -0.3 is 0 Å². The van der Waals surface area contributed by atoms with Crippen LogP contribution in [0, 0.1) is 12.9 Å². The number of aryl methyl sites for hydroxylation is 1. The van der Waals surface area contributed by atoms with Crippen LogP contribution in [0.5, 0.6) is 0 Å². The minimum Gasteiger partial charge on any atom is -0.222 e. The van der Waals surface area contributed by atoms with Crippen molar-refractivity contribution in [2.45, 2.75) is 19.8 Å². The third-order valence-electron chi connectivity index (χ3n) is 3.25. The summed E-state index contributed by atoms with van der Waals surface area (Å²) in [7, 11) is 1.95. The smallest absolute Gasteiger partial charge is 0.216 e. The Kier molecular flexibility index (Phi) is 6.34. The maximum Gasteiger partial charge on any atom is 0.216 e. The molecule has 0 bridgehead atoms. The Hall–Kier alpha value is -0.420. The molecule has 1 aliphatic rings. The van der Waals surface area contributed by atoms with Gasteiger partial charge in [0.25, 0.3) is 0 Å². The molecule has 0 saturated carbocycles. The molecule has 17 heavy (non-hydrogen) atoms. The van der Waals surface area contributed by atoms with E-state index >= 15 is 0 Å². The van der Waals surface area contributed by atoms with E-state index in [1.807, 2.05) is 13.1 Å². The van der Waals surface area contributed by atoms with Crippen LogP contribution in [-0.2, 0) is 0 Å². The first kappa shape index (κ1) is 16.6. The SMILES string of the molecule is CN[N+]1(c2cnc(F)c(C)c2)CCCC1.Cl.Cl.